The fourth-order valence-electron chi connectivity index (χ4n) is 3.03. The minimum Gasteiger partial charge on any atom is -0.488 e. The summed E-state index contributed by atoms with van der Waals surface area (Å²) < 4.78 is 13.9. The highest BCUT2D eigenvalue weighted by Gasteiger charge is 2.14. The molecule has 0 aliphatic rings. The molecule has 0 fully saturated rings. The summed E-state index contributed by atoms with van der Waals surface area (Å²) in [6.07, 6.45) is 1.46. The van der Waals surface area contributed by atoms with Crippen LogP contribution >= 0.6 is 47.8 Å². The number of amides is 1. The Bertz CT molecular complexity index is 1420. The Labute approximate surface area is 218 Å². The second-order valence-electron chi connectivity index (χ2n) is 7.01. The highest BCUT2D eigenvalue weighted by atomic mass is 79.9. The van der Waals surface area contributed by atoms with E-state index < -0.39 is 10.8 Å². The number of fused-ring (bicyclic) bond motifs is 1. The van der Waals surface area contributed by atoms with Crippen molar-refractivity contribution in [2.24, 2.45) is 5.10 Å². The number of non-ortho nitro benzene ring substituents is 1. The van der Waals surface area contributed by atoms with Gasteiger partial charge < -0.3 is 9.15 Å². The highest BCUT2D eigenvalue weighted by molar-refractivity contribution is 9.11. The molecular formula is C23H14Br3N3O5. The van der Waals surface area contributed by atoms with Gasteiger partial charge in [-0.25, -0.2) is 5.43 Å². The van der Waals surface area contributed by atoms with Gasteiger partial charge in [-0.1, -0.05) is 31.9 Å². The van der Waals surface area contributed by atoms with Crippen molar-refractivity contribution in [3.8, 4) is 5.75 Å². The summed E-state index contributed by atoms with van der Waals surface area (Å²) in [6, 6.07) is 16.8. The van der Waals surface area contributed by atoms with Crippen molar-refractivity contribution >= 4 is 76.6 Å². The second kappa shape index (κ2) is 10.5. The molecule has 0 saturated heterocycles. The molecule has 1 N–H and O–H groups in total. The molecule has 0 aliphatic heterocycles. The molecule has 0 bridgehead atoms. The predicted molar refractivity (Wildman–Crippen MR) is 138 cm³/mol. The predicted octanol–water partition coefficient (Wildman–Crippen LogP) is 6.97. The number of hydrogen-bond acceptors (Lipinski definition) is 6. The number of nitrogens with zero attached hydrogens (tertiary/aromatic N) is 2. The van der Waals surface area contributed by atoms with Gasteiger partial charge in [-0.3, -0.25) is 14.9 Å². The molecule has 0 aliphatic carbocycles. The fourth-order valence-corrected chi connectivity index (χ4v) is 4.75. The van der Waals surface area contributed by atoms with Gasteiger partial charge in [0, 0.05) is 32.0 Å². The summed E-state index contributed by atoms with van der Waals surface area (Å²) in [5, 5.41) is 15.6. The van der Waals surface area contributed by atoms with Crippen molar-refractivity contribution < 1.29 is 18.9 Å². The van der Waals surface area contributed by atoms with Crippen LogP contribution in [0.15, 0.2) is 83.6 Å². The van der Waals surface area contributed by atoms with Gasteiger partial charge in [0.2, 0.25) is 0 Å². The average Bonchev–Trinajstić information content (AvgIpc) is 3.23. The summed E-state index contributed by atoms with van der Waals surface area (Å²) in [7, 11) is 0. The Morgan fingerprint density at radius 1 is 1.06 bits per heavy atom. The second-order valence-corrected chi connectivity index (χ2v) is 9.70. The van der Waals surface area contributed by atoms with Gasteiger partial charge in [0.15, 0.2) is 5.76 Å². The van der Waals surface area contributed by atoms with E-state index in [4.69, 9.17) is 9.15 Å². The van der Waals surface area contributed by atoms with Crippen LogP contribution in [0.25, 0.3) is 11.0 Å². The number of ether oxygens (including phenoxy) is 1. The smallest absolute Gasteiger partial charge is 0.307 e. The molecule has 4 rings (SSSR count). The van der Waals surface area contributed by atoms with Crippen LogP contribution in [0, 0.1) is 10.1 Å². The number of rotatable bonds is 7. The molecule has 0 radical (unpaired) electrons. The van der Waals surface area contributed by atoms with E-state index in [2.05, 4.69) is 58.3 Å². The van der Waals surface area contributed by atoms with E-state index in [-0.39, 0.29) is 18.1 Å². The number of hydrazone groups is 1. The molecule has 3 aromatic carbocycles. The van der Waals surface area contributed by atoms with Crippen molar-refractivity contribution in [1.82, 2.24) is 5.43 Å². The molecule has 1 aromatic heterocycles. The molecule has 1 heterocycles. The molecular weight excluding hydrogens is 638 g/mol. The van der Waals surface area contributed by atoms with Crippen LogP contribution in [-0.2, 0) is 6.61 Å². The average molecular weight is 652 g/mol. The molecule has 1 amide bonds. The van der Waals surface area contributed by atoms with Gasteiger partial charge in [0.25, 0.3) is 5.69 Å². The topological polar surface area (TPSA) is 107 Å². The largest absolute Gasteiger partial charge is 0.488 e. The third kappa shape index (κ3) is 5.72. The molecule has 4 aromatic rings. The summed E-state index contributed by atoms with van der Waals surface area (Å²) in [4.78, 5) is 22.8. The van der Waals surface area contributed by atoms with E-state index in [0.717, 1.165) is 24.4 Å². The lowest BCUT2D eigenvalue weighted by molar-refractivity contribution is -0.384. The highest BCUT2D eigenvalue weighted by Crippen LogP contribution is 2.31. The first-order chi connectivity index (χ1) is 16.3. The minimum absolute atomic E-state index is 0.0143. The molecule has 34 heavy (non-hydrogen) atoms. The number of halogens is 3. The van der Waals surface area contributed by atoms with E-state index >= 15 is 0 Å². The summed E-state index contributed by atoms with van der Waals surface area (Å²) in [5.41, 5.74) is 4.42. The lowest BCUT2D eigenvalue weighted by Gasteiger charge is -2.09. The van der Waals surface area contributed by atoms with Crippen LogP contribution in [0.1, 0.15) is 21.7 Å². The number of carbonyl (C=O) groups excluding carboxylic acids is 1. The number of nitrogens with one attached hydrogen (secondary N) is 1. The quantitative estimate of drug-likeness (QED) is 0.132. The van der Waals surface area contributed by atoms with Gasteiger partial charge in [0.05, 0.1) is 15.6 Å². The van der Waals surface area contributed by atoms with E-state index in [9.17, 15) is 14.9 Å². The first-order valence-electron chi connectivity index (χ1n) is 9.68. The van der Waals surface area contributed by atoms with Crippen LogP contribution in [0.5, 0.6) is 5.75 Å². The normalized spacial score (nSPS) is 11.1. The SMILES string of the molecule is O=C(N/N=C\c1cc(Br)ccc1OCc1ccc([N+](=O)[O-])cc1)c1cc2cc(Br)cc(Br)c2o1. The van der Waals surface area contributed by atoms with Crippen molar-refractivity contribution in [1.29, 1.82) is 0 Å². The Kier molecular flexibility index (Phi) is 7.44. The molecule has 0 atom stereocenters. The van der Waals surface area contributed by atoms with Crippen LogP contribution in [0.4, 0.5) is 5.69 Å². The lowest BCUT2D eigenvalue weighted by atomic mass is 10.2. The zero-order valence-corrected chi connectivity index (χ0v) is 21.9. The monoisotopic (exact) mass is 649 g/mol. The van der Waals surface area contributed by atoms with Crippen molar-refractivity contribution in [3.63, 3.8) is 0 Å². The summed E-state index contributed by atoms with van der Waals surface area (Å²) in [5.74, 6) is 0.144. The molecule has 172 valence electrons. The van der Waals surface area contributed by atoms with Gasteiger partial charge >= 0.3 is 5.91 Å². The third-order valence-electron chi connectivity index (χ3n) is 4.64. The Morgan fingerprint density at radius 2 is 1.82 bits per heavy atom. The van der Waals surface area contributed by atoms with E-state index in [1.807, 2.05) is 18.2 Å². The number of benzene rings is 3. The standard InChI is InChI=1S/C23H14Br3N3O5/c24-16-3-6-20(33-12-13-1-4-18(5-2-13)29(31)32)15(8-16)11-27-28-23(30)21-9-14-7-17(25)10-19(26)22(14)34-21/h1-11H,12H2,(H,28,30)/b27-11-. The molecule has 0 saturated carbocycles. The number of furan rings is 1. The number of nitro benzene ring substituents is 1. The molecule has 0 spiro atoms. The Morgan fingerprint density at radius 3 is 2.56 bits per heavy atom. The number of nitro groups is 1. The van der Waals surface area contributed by atoms with Crippen LogP contribution in [0.3, 0.4) is 0 Å². The van der Waals surface area contributed by atoms with Gasteiger partial charge in [0.1, 0.15) is 17.9 Å². The van der Waals surface area contributed by atoms with E-state index in [0.29, 0.717) is 16.9 Å². The Balaban J connectivity index is 1.45. The minimum atomic E-state index is -0.501. The first kappa shape index (κ1) is 24.1. The van der Waals surface area contributed by atoms with Crippen LogP contribution in [-0.4, -0.2) is 17.0 Å². The zero-order chi connectivity index (χ0) is 24.2. The van der Waals surface area contributed by atoms with Crippen LogP contribution < -0.4 is 10.2 Å². The van der Waals surface area contributed by atoms with Gasteiger partial charge in [-0.15, -0.1) is 0 Å². The summed E-state index contributed by atoms with van der Waals surface area (Å²) >= 11 is 10.2. The van der Waals surface area contributed by atoms with Crippen molar-refractivity contribution in [3.05, 3.63) is 101 Å². The fraction of sp³-hybridized carbons (Fsp3) is 0.0435. The lowest BCUT2D eigenvalue weighted by Crippen LogP contribution is -2.16. The Hall–Kier alpha value is -3.02. The molecule has 8 nitrogen and oxygen atoms in total. The van der Waals surface area contributed by atoms with Gasteiger partial charge in [-0.05, 0) is 70.0 Å². The molecule has 11 heteroatoms. The van der Waals surface area contributed by atoms with Crippen LogP contribution in [0.2, 0.25) is 0 Å². The number of carbonyl (C=O) groups is 1. The van der Waals surface area contributed by atoms with E-state index in [1.54, 1.807) is 30.3 Å². The summed E-state index contributed by atoms with van der Waals surface area (Å²) in [6.45, 7) is 0.205. The van der Waals surface area contributed by atoms with Crippen molar-refractivity contribution in [2.75, 3.05) is 0 Å². The molecule has 0 unspecified atom stereocenters. The number of hydrogen-bond donors (Lipinski definition) is 1. The zero-order valence-electron chi connectivity index (χ0n) is 17.1. The van der Waals surface area contributed by atoms with Gasteiger partial charge in [-0.2, -0.15) is 5.10 Å². The van der Waals surface area contributed by atoms with E-state index in [1.165, 1.54) is 18.3 Å². The maximum atomic E-state index is 12.5. The third-order valence-corrected chi connectivity index (χ3v) is 6.18. The first-order valence-corrected chi connectivity index (χ1v) is 12.1. The maximum absolute atomic E-state index is 12.5. The van der Waals surface area contributed by atoms with Crippen molar-refractivity contribution in [2.45, 2.75) is 6.61 Å². The maximum Gasteiger partial charge on any atom is 0.307 e.